The summed E-state index contributed by atoms with van der Waals surface area (Å²) in [5.74, 6) is 5.06. The average molecular weight is 588 g/mol. The summed E-state index contributed by atoms with van der Waals surface area (Å²) in [4.78, 5) is 0. The number of nitrogens with zero attached hydrogens (tertiary/aromatic N) is 1. The van der Waals surface area contributed by atoms with E-state index in [2.05, 4.69) is 78.8 Å². The van der Waals surface area contributed by atoms with Crippen LogP contribution in [0, 0.1) is 35.5 Å². The molecule has 0 radical (unpaired) electrons. The molecule has 0 amide bonds. The molecular weight excluding hydrogens is 518 g/mol. The van der Waals surface area contributed by atoms with Crippen molar-refractivity contribution in [2.75, 3.05) is 6.54 Å². The maximum Gasteiger partial charge on any atom is 0.105 e. The summed E-state index contributed by atoms with van der Waals surface area (Å²) in [5.41, 5.74) is 1.59. The fourth-order valence-electron chi connectivity index (χ4n) is 9.19. The van der Waals surface area contributed by atoms with E-state index in [1.807, 2.05) is 0 Å². The minimum absolute atomic E-state index is 0. The van der Waals surface area contributed by atoms with Gasteiger partial charge in [0.2, 0.25) is 0 Å². The third-order valence-corrected chi connectivity index (χ3v) is 11.5. The fraction of sp³-hybridized carbons (Fsp3) is 0.846. The Morgan fingerprint density at radius 2 is 1.07 bits per heavy atom. The number of rotatable bonds is 17. The molecule has 0 bridgehead atoms. The van der Waals surface area contributed by atoms with Crippen LogP contribution in [0.5, 0.6) is 0 Å². The lowest BCUT2D eigenvalue weighted by Crippen LogP contribution is -3.00. The van der Waals surface area contributed by atoms with Crippen LogP contribution in [-0.2, 0) is 6.54 Å². The molecule has 2 heteroatoms. The Labute approximate surface area is 264 Å². The molecule has 6 atom stereocenters. The van der Waals surface area contributed by atoms with Crippen LogP contribution in [0.3, 0.4) is 0 Å². The Morgan fingerprint density at radius 1 is 0.634 bits per heavy atom. The molecule has 2 fully saturated rings. The van der Waals surface area contributed by atoms with Gasteiger partial charge < -0.3 is 16.9 Å². The lowest BCUT2D eigenvalue weighted by molar-refractivity contribution is -0.995. The summed E-state index contributed by atoms with van der Waals surface area (Å²) in [6.45, 7) is 20.3. The van der Waals surface area contributed by atoms with Gasteiger partial charge in [0, 0.05) is 30.2 Å². The first-order valence-corrected chi connectivity index (χ1v) is 18.2. The minimum atomic E-state index is 0. The molecule has 0 saturated heterocycles. The second kappa shape index (κ2) is 19.0. The van der Waals surface area contributed by atoms with Crippen LogP contribution in [0.15, 0.2) is 30.3 Å². The van der Waals surface area contributed by atoms with Crippen molar-refractivity contribution in [3.63, 3.8) is 0 Å². The molecule has 2 saturated carbocycles. The van der Waals surface area contributed by atoms with Crippen molar-refractivity contribution < 1.29 is 16.9 Å². The predicted molar refractivity (Wildman–Crippen MR) is 177 cm³/mol. The molecule has 1 aromatic rings. The molecule has 0 aromatic heterocycles. The highest BCUT2D eigenvalue weighted by Crippen LogP contribution is 2.48. The van der Waals surface area contributed by atoms with Gasteiger partial charge in [-0.25, -0.2) is 0 Å². The van der Waals surface area contributed by atoms with E-state index in [4.69, 9.17) is 0 Å². The highest BCUT2D eigenvalue weighted by atomic mass is 35.5. The minimum Gasteiger partial charge on any atom is -1.00 e. The van der Waals surface area contributed by atoms with Gasteiger partial charge >= 0.3 is 0 Å². The zero-order valence-electron chi connectivity index (χ0n) is 28.6. The van der Waals surface area contributed by atoms with Crippen molar-refractivity contribution in [3.05, 3.63) is 35.9 Å². The molecule has 1 aromatic carbocycles. The maximum absolute atomic E-state index is 2.57. The monoisotopic (exact) mass is 588 g/mol. The second-order valence-electron chi connectivity index (χ2n) is 15.4. The highest BCUT2D eigenvalue weighted by molar-refractivity contribution is 5.14. The number of hydrogen-bond donors (Lipinski definition) is 0. The van der Waals surface area contributed by atoms with E-state index in [-0.39, 0.29) is 12.4 Å². The van der Waals surface area contributed by atoms with Crippen LogP contribution < -0.4 is 12.4 Å². The van der Waals surface area contributed by atoms with Gasteiger partial charge in [-0.2, -0.15) is 0 Å². The quantitative estimate of drug-likeness (QED) is 0.126. The summed E-state index contributed by atoms with van der Waals surface area (Å²) in [6.07, 6.45) is 23.0. The Hall–Kier alpha value is -0.530. The number of hydrogen-bond acceptors (Lipinski definition) is 0. The third kappa shape index (κ3) is 10.8. The van der Waals surface area contributed by atoms with Gasteiger partial charge in [-0.05, 0) is 62.2 Å². The van der Waals surface area contributed by atoms with E-state index in [9.17, 15) is 0 Å². The molecule has 6 unspecified atom stereocenters. The number of quaternary nitrogens is 1. The molecule has 1 nitrogen and oxygen atoms in total. The van der Waals surface area contributed by atoms with Crippen molar-refractivity contribution >= 4 is 0 Å². The van der Waals surface area contributed by atoms with Crippen molar-refractivity contribution in [3.8, 4) is 0 Å². The van der Waals surface area contributed by atoms with Crippen molar-refractivity contribution in [2.24, 2.45) is 35.5 Å². The largest absolute Gasteiger partial charge is 1.00 e. The Kier molecular flexibility index (Phi) is 17.0. The molecule has 0 aliphatic heterocycles. The van der Waals surface area contributed by atoms with E-state index < -0.39 is 0 Å². The van der Waals surface area contributed by atoms with Gasteiger partial charge in [-0.15, -0.1) is 0 Å². The maximum atomic E-state index is 2.57. The van der Waals surface area contributed by atoms with Gasteiger partial charge in [0.05, 0.1) is 18.6 Å². The Morgan fingerprint density at radius 3 is 1.51 bits per heavy atom. The SMILES string of the molecule is CCCCCCCCCCCC[N+](Cc1ccccc1)(C1CC(C)CCC1C(C)C)C1CC(C)CCC1C(C)C.[Cl-]. The van der Waals surface area contributed by atoms with Crippen molar-refractivity contribution in [1.82, 2.24) is 0 Å². The highest BCUT2D eigenvalue weighted by Gasteiger charge is 2.53. The fourth-order valence-corrected chi connectivity index (χ4v) is 9.19. The molecule has 0 N–H and O–H groups in total. The van der Waals surface area contributed by atoms with Crippen molar-refractivity contribution in [2.45, 2.75) is 170 Å². The van der Waals surface area contributed by atoms with E-state index in [1.54, 1.807) is 5.56 Å². The Balaban J connectivity index is 0.00000588. The second-order valence-corrected chi connectivity index (χ2v) is 15.4. The van der Waals surface area contributed by atoms with Crippen LogP contribution in [0.4, 0.5) is 0 Å². The first kappa shape index (κ1) is 36.7. The summed E-state index contributed by atoms with van der Waals surface area (Å²) >= 11 is 0. The number of unbranched alkanes of at least 4 members (excludes halogenated alkanes) is 9. The van der Waals surface area contributed by atoms with E-state index >= 15 is 0 Å². The molecule has 3 rings (SSSR count). The van der Waals surface area contributed by atoms with Gasteiger partial charge in [-0.3, -0.25) is 0 Å². The lowest BCUT2D eigenvalue weighted by Gasteiger charge is -2.59. The molecule has 0 spiro atoms. The van der Waals surface area contributed by atoms with Crippen LogP contribution in [0.25, 0.3) is 0 Å². The zero-order valence-corrected chi connectivity index (χ0v) is 29.3. The van der Waals surface area contributed by atoms with E-state index in [0.717, 1.165) is 47.6 Å². The molecule has 0 heterocycles. The van der Waals surface area contributed by atoms with Gasteiger partial charge in [0.25, 0.3) is 0 Å². The first-order valence-electron chi connectivity index (χ1n) is 18.2. The van der Waals surface area contributed by atoms with Crippen molar-refractivity contribution in [1.29, 1.82) is 0 Å². The summed E-state index contributed by atoms with van der Waals surface area (Å²) in [7, 11) is 0. The van der Waals surface area contributed by atoms with E-state index in [0.29, 0.717) is 0 Å². The molecule has 2 aliphatic carbocycles. The summed E-state index contributed by atoms with van der Waals surface area (Å²) in [5, 5.41) is 0. The number of halogens is 1. The van der Waals surface area contributed by atoms with Crippen LogP contribution in [0.2, 0.25) is 0 Å². The van der Waals surface area contributed by atoms with Gasteiger partial charge in [0.1, 0.15) is 6.54 Å². The molecular formula is C39H70ClN. The lowest BCUT2D eigenvalue weighted by atomic mass is 9.67. The van der Waals surface area contributed by atoms with Gasteiger partial charge in [0.15, 0.2) is 0 Å². The summed E-state index contributed by atoms with van der Waals surface area (Å²) < 4.78 is 1.40. The normalized spacial score (nSPS) is 28.4. The smallest absolute Gasteiger partial charge is 0.105 e. The third-order valence-electron chi connectivity index (χ3n) is 11.5. The topological polar surface area (TPSA) is 0 Å². The average Bonchev–Trinajstić information content (AvgIpc) is 2.93. The molecule has 238 valence electrons. The van der Waals surface area contributed by atoms with Crippen LogP contribution in [-0.4, -0.2) is 23.1 Å². The molecule has 41 heavy (non-hydrogen) atoms. The van der Waals surface area contributed by atoms with Crippen LogP contribution in [0.1, 0.15) is 157 Å². The number of benzene rings is 1. The van der Waals surface area contributed by atoms with E-state index in [1.165, 1.54) is 120 Å². The van der Waals surface area contributed by atoms with Gasteiger partial charge in [-0.1, -0.05) is 130 Å². The standard InChI is InChI=1S/C39H70N.ClH/c1-8-9-10-11-12-13-14-15-16-20-27-40(30-35-21-18-17-19-22-35,38-28-33(6)23-25-36(38)31(2)3)39-29-34(7)24-26-37(39)32(4)5;/h17-19,21-22,31-34,36-39H,8-16,20,23-30H2,1-7H3;1H/q+1;/p-1. The molecule has 2 aliphatic rings. The first-order chi connectivity index (χ1) is 19.3. The van der Waals surface area contributed by atoms with Crippen LogP contribution >= 0.6 is 0 Å². The summed E-state index contributed by atoms with van der Waals surface area (Å²) in [6, 6.07) is 13.4. The Bertz CT molecular complexity index is 756. The zero-order chi connectivity index (χ0) is 29.0. The predicted octanol–water partition coefficient (Wildman–Crippen LogP) is 8.85.